The summed E-state index contributed by atoms with van der Waals surface area (Å²) in [5.41, 5.74) is 0.349. The summed E-state index contributed by atoms with van der Waals surface area (Å²) in [7, 11) is 0. The average Bonchev–Trinajstić information content (AvgIpc) is 2.28. The number of hydrogen-bond acceptors (Lipinski definition) is 3. The zero-order valence-corrected chi connectivity index (χ0v) is 8.15. The minimum absolute atomic E-state index is 0.387. The Bertz CT molecular complexity index is 801. The highest BCUT2D eigenvalue weighted by molar-refractivity contribution is 6.02. The highest BCUT2D eigenvalue weighted by Gasteiger charge is 2.05. The molecule has 16 heavy (non-hydrogen) atoms. The van der Waals surface area contributed by atoms with E-state index in [0.29, 0.717) is 10.9 Å². The number of para-hydroxylation sites is 1. The van der Waals surface area contributed by atoms with Crippen LogP contribution in [0.15, 0.2) is 40.1 Å². The van der Waals surface area contributed by atoms with Crippen molar-refractivity contribution in [2.75, 3.05) is 0 Å². The van der Waals surface area contributed by atoms with Crippen LogP contribution in [-0.2, 0) is 0 Å². The average molecular weight is 213 g/mol. The second-order valence-corrected chi connectivity index (χ2v) is 3.47. The van der Waals surface area contributed by atoms with Crippen molar-refractivity contribution in [3.8, 4) is 0 Å². The van der Waals surface area contributed by atoms with Crippen molar-refractivity contribution in [2.24, 2.45) is 0 Å². The fraction of sp³-hybridized carbons (Fsp3) is 0. The van der Waals surface area contributed by atoms with E-state index in [-0.39, 0.29) is 0 Å². The number of nitrogens with zero attached hydrogens (tertiary/aromatic N) is 1. The van der Waals surface area contributed by atoms with Crippen LogP contribution in [0.5, 0.6) is 0 Å². The maximum absolute atomic E-state index is 11.5. The number of fused-ring (bicyclic) bond motifs is 3. The van der Waals surface area contributed by atoms with Crippen LogP contribution < -0.4 is 11.2 Å². The maximum Gasteiger partial charge on any atom is 0.326 e. The lowest BCUT2D eigenvalue weighted by Crippen LogP contribution is -2.22. The van der Waals surface area contributed by atoms with Crippen molar-refractivity contribution >= 4 is 21.8 Å². The maximum atomic E-state index is 11.5. The molecule has 5 heteroatoms. The van der Waals surface area contributed by atoms with Crippen molar-refractivity contribution in [3.63, 3.8) is 0 Å². The van der Waals surface area contributed by atoms with Gasteiger partial charge in [-0.1, -0.05) is 18.2 Å². The third-order valence-electron chi connectivity index (χ3n) is 2.49. The molecule has 0 unspecified atom stereocenters. The first-order valence-electron chi connectivity index (χ1n) is 4.76. The van der Waals surface area contributed by atoms with Crippen LogP contribution in [0, 0.1) is 0 Å². The van der Waals surface area contributed by atoms with Crippen molar-refractivity contribution in [2.45, 2.75) is 0 Å². The summed E-state index contributed by atoms with van der Waals surface area (Å²) in [6, 6.07) is 7.34. The van der Waals surface area contributed by atoms with Crippen molar-refractivity contribution in [3.05, 3.63) is 51.3 Å². The first-order chi connectivity index (χ1) is 7.75. The molecule has 5 nitrogen and oxygen atoms in total. The fourth-order valence-electron chi connectivity index (χ4n) is 1.76. The number of aromatic amines is 2. The number of H-pyrrole nitrogens is 2. The van der Waals surface area contributed by atoms with Gasteiger partial charge in [0.05, 0.1) is 16.4 Å². The van der Waals surface area contributed by atoms with Crippen LogP contribution >= 0.6 is 0 Å². The molecule has 0 radical (unpaired) electrons. The van der Waals surface area contributed by atoms with Crippen molar-refractivity contribution in [1.82, 2.24) is 15.0 Å². The molecule has 0 fully saturated rings. The second-order valence-electron chi connectivity index (χ2n) is 3.47. The summed E-state index contributed by atoms with van der Waals surface area (Å²) in [6.07, 6.45) is 1.46. The van der Waals surface area contributed by atoms with Gasteiger partial charge in [0.25, 0.3) is 5.56 Å². The molecule has 1 aromatic carbocycles. The van der Waals surface area contributed by atoms with Gasteiger partial charge in [-0.2, -0.15) is 0 Å². The second kappa shape index (κ2) is 3.03. The predicted molar refractivity (Wildman–Crippen MR) is 60.5 cm³/mol. The lowest BCUT2D eigenvalue weighted by Gasteiger charge is -2.00. The van der Waals surface area contributed by atoms with Crippen molar-refractivity contribution in [1.29, 1.82) is 0 Å². The summed E-state index contributed by atoms with van der Waals surface area (Å²) in [5.74, 6) is 0. The third kappa shape index (κ3) is 1.15. The van der Waals surface area contributed by atoms with Gasteiger partial charge in [0.1, 0.15) is 0 Å². The molecule has 0 amide bonds. The van der Waals surface area contributed by atoms with Gasteiger partial charge in [-0.15, -0.1) is 0 Å². The van der Waals surface area contributed by atoms with E-state index in [1.165, 1.54) is 6.20 Å². The zero-order chi connectivity index (χ0) is 11.1. The van der Waals surface area contributed by atoms with Gasteiger partial charge in [0, 0.05) is 11.6 Å². The molecule has 3 rings (SSSR count). The molecule has 78 valence electrons. The summed E-state index contributed by atoms with van der Waals surface area (Å²) < 4.78 is 0. The van der Waals surface area contributed by atoms with E-state index in [0.717, 1.165) is 10.9 Å². The molecule has 2 heterocycles. The lowest BCUT2D eigenvalue weighted by atomic mass is 10.1. The van der Waals surface area contributed by atoms with Crippen LogP contribution in [0.3, 0.4) is 0 Å². The van der Waals surface area contributed by atoms with Crippen LogP contribution in [0.4, 0.5) is 0 Å². The topological polar surface area (TPSA) is 78.6 Å². The minimum Gasteiger partial charge on any atom is -0.306 e. The predicted octanol–water partition coefficient (Wildman–Crippen LogP) is 0.765. The Morgan fingerprint density at radius 1 is 1.00 bits per heavy atom. The number of aromatic nitrogens is 3. The first kappa shape index (κ1) is 8.84. The zero-order valence-electron chi connectivity index (χ0n) is 8.15. The molecule has 0 saturated heterocycles. The highest BCUT2D eigenvalue weighted by atomic mass is 16.2. The van der Waals surface area contributed by atoms with Gasteiger partial charge in [-0.3, -0.25) is 14.8 Å². The normalized spacial score (nSPS) is 11.0. The molecule has 0 saturated carbocycles. The lowest BCUT2D eigenvalue weighted by molar-refractivity contribution is 1.08. The molecule has 3 aromatic rings. The van der Waals surface area contributed by atoms with E-state index in [9.17, 15) is 9.59 Å². The molecule has 0 spiro atoms. The Labute approximate surface area is 88.8 Å². The van der Waals surface area contributed by atoms with Crippen molar-refractivity contribution < 1.29 is 0 Å². The Kier molecular flexibility index (Phi) is 1.67. The quantitative estimate of drug-likeness (QED) is 0.541. The van der Waals surface area contributed by atoms with Gasteiger partial charge < -0.3 is 4.98 Å². The summed E-state index contributed by atoms with van der Waals surface area (Å²) in [5, 5.41) is 1.15. The SMILES string of the molecule is O=c1[nH]c(=O)c2cnc3ccccc3c2[nH]1. The molecule has 0 aliphatic rings. The van der Waals surface area contributed by atoms with Gasteiger partial charge in [-0.25, -0.2) is 4.79 Å². The Morgan fingerprint density at radius 2 is 1.81 bits per heavy atom. The largest absolute Gasteiger partial charge is 0.326 e. The van der Waals surface area contributed by atoms with E-state index >= 15 is 0 Å². The summed E-state index contributed by atoms with van der Waals surface area (Å²) in [4.78, 5) is 31.7. The van der Waals surface area contributed by atoms with Crippen LogP contribution in [0.2, 0.25) is 0 Å². The van der Waals surface area contributed by atoms with Gasteiger partial charge in [0.15, 0.2) is 0 Å². The summed E-state index contributed by atoms with van der Waals surface area (Å²) >= 11 is 0. The van der Waals surface area contributed by atoms with Gasteiger partial charge in [-0.05, 0) is 6.07 Å². The molecule has 0 aliphatic carbocycles. The third-order valence-corrected chi connectivity index (χ3v) is 2.49. The number of nitrogens with one attached hydrogen (secondary N) is 2. The molecule has 0 atom stereocenters. The van der Waals surface area contributed by atoms with E-state index in [1.807, 2.05) is 24.3 Å². The Morgan fingerprint density at radius 3 is 2.69 bits per heavy atom. The smallest absolute Gasteiger partial charge is 0.306 e. The molecule has 0 aliphatic heterocycles. The Balaban J connectivity index is 2.70. The summed E-state index contributed by atoms with van der Waals surface area (Å²) in [6.45, 7) is 0. The van der Waals surface area contributed by atoms with E-state index < -0.39 is 11.2 Å². The molecular formula is C11H7N3O2. The van der Waals surface area contributed by atoms with Crippen LogP contribution in [0.1, 0.15) is 0 Å². The molecule has 2 aromatic heterocycles. The van der Waals surface area contributed by atoms with E-state index in [2.05, 4.69) is 15.0 Å². The molecular weight excluding hydrogens is 206 g/mol. The Hall–Kier alpha value is -2.43. The van der Waals surface area contributed by atoms with Crippen LogP contribution in [0.25, 0.3) is 21.8 Å². The van der Waals surface area contributed by atoms with E-state index in [4.69, 9.17) is 0 Å². The van der Waals surface area contributed by atoms with E-state index in [1.54, 1.807) is 0 Å². The molecule has 2 N–H and O–H groups in total. The van der Waals surface area contributed by atoms with Gasteiger partial charge >= 0.3 is 5.69 Å². The fourth-order valence-corrected chi connectivity index (χ4v) is 1.76. The number of hydrogen-bond donors (Lipinski definition) is 2. The number of rotatable bonds is 0. The van der Waals surface area contributed by atoms with Crippen LogP contribution in [-0.4, -0.2) is 15.0 Å². The minimum atomic E-state index is -0.506. The van der Waals surface area contributed by atoms with Gasteiger partial charge in [0.2, 0.25) is 0 Å². The number of pyridine rings is 1. The standard InChI is InChI=1S/C11H7N3O2/c15-10-7-5-12-8-4-2-1-3-6(8)9(7)13-11(16)14-10/h1-5H,(H2,13,14,15,16). The first-order valence-corrected chi connectivity index (χ1v) is 4.76. The highest BCUT2D eigenvalue weighted by Crippen LogP contribution is 2.17. The number of benzene rings is 1. The molecule has 0 bridgehead atoms. The monoisotopic (exact) mass is 213 g/mol.